The summed E-state index contributed by atoms with van der Waals surface area (Å²) in [6, 6.07) is 5.20. The summed E-state index contributed by atoms with van der Waals surface area (Å²) in [5.74, 6) is -2.58. The van der Waals surface area contributed by atoms with Crippen LogP contribution in [0, 0.1) is 11.8 Å². The number of carbonyl (C=O) groups is 3. The van der Waals surface area contributed by atoms with Crippen molar-refractivity contribution >= 4 is 34.1 Å². The molecule has 4 aliphatic rings. The van der Waals surface area contributed by atoms with E-state index in [1.54, 1.807) is 23.5 Å². The molecule has 1 saturated carbocycles. The molecule has 4 atom stereocenters. The summed E-state index contributed by atoms with van der Waals surface area (Å²) < 4.78 is 32.8. The second-order valence-corrected chi connectivity index (χ2v) is 12.4. The van der Waals surface area contributed by atoms with Gasteiger partial charge < -0.3 is 24.8 Å². The summed E-state index contributed by atoms with van der Waals surface area (Å²) in [7, 11) is 2.12. The van der Waals surface area contributed by atoms with Crippen molar-refractivity contribution in [2.24, 2.45) is 11.8 Å². The Morgan fingerprint density at radius 1 is 1.10 bits per heavy atom. The monoisotopic (exact) mass is 587 g/mol. The number of ketones is 1. The van der Waals surface area contributed by atoms with E-state index in [1.165, 1.54) is 4.90 Å². The highest BCUT2D eigenvalue weighted by molar-refractivity contribution is 7.14. The van der Waals surface area contributed by atoms with E-state index >= 15 is 0 Å². The summed E-state index contributed by atoms with van der Waals surface area (Å²) in [6.45, 7) is 3.34. The van der Waals surface area contributed by atoms with Crippen LogP contribution in [0.1, 0.15) is 36.0 Å². The highest BCUT2D eigenvalue weighted by Crippen LogP contribution is 2.37. The van der Waals surface area contributed by atoms with Gasteiger partial charge >= 0.3 is 0 Å². The third-order valence-corrected chi connectivity index (χ3v) is 9.87. The zero-order valence-electron chi connectivity index (χ0n) is 23.0. The largest absolute Gasteiger partial charge is 0.367 e. The van der Waals surface area contributed by atoms with Crippen LogP contribution < -0.4 is 10.2 Å². The molecule has 220 valence electrons. The van der Waals surface area contributed by atoms with E-state index in [0.717, 1.165) is 68.3 Å². The number of nitrogens with zero attached hydrogens (tertiary/aromatic N) is 4. The summed E-state index contributed by atoms with van der Waals surface area (Å²) in [5.41, 5.74) is 2.13. The number of halogens is 2. The van der Waals surface area contributed by atoms with Crippen molar-refractivity contribution in [1.29, 1.82) is 0 Å². The van der Waals surface area contributed by atoms with Gasteiger partial charge in [0.25, 0.3) is 5.91 Å². The molecule has 3 aliphatic heterocycles. The quantitative estimate of drug-likeness (QED) is 0.533. The van der Waals surface area contributed by atoms with E-state index in [0.29, 0.717) is 5.56 Å². The number of benzene rings is 1. The van der Waals surface area contributed by atoms with Crippen LogP contribution in [-0.4, -0.2) is 103 Å². The smallest absolute Gasteiger partial charge is 0.251 e. The summed E-state index contributed by atoms with van der Waals surface area (Å²) >= 11 is 1.60. The first-order valence-electron chi connectivity index (χ1n) is 14.3. The molecule has 1 aromatic carbocycles. The number of anilines is 1. The van der Waals surface area contributed by atoms with Gasteiger partial charge in [0, 0.05) is 49.2 Å². The van der Waals surface area contributed by atoms with E-state index in [1.807, 2.05) is 17.5 Å². The number of carbonyl (C=O) groups excluding carboxylic acids is 3. The molecule has 6 rings (SSSR count). The average molecular weight is 588 g/mol. The first kappa shape index (κ1) is 28.2. The minimum Gasteiger partial charge on any atom is -0.367 e. The molecule has 0 radical (unpaired) electrons. The second-order valence-electron chi connectivity index (χ2n) is 11.6. The molecular weight excluding hydrogens is 552 g/mol. The van der Waals surface area contributed by atoms with Gasteiger partial charge in [-0.1, -0.05) is 25.0 Å². The number of amides is 2. The number of ether oxygens (including phenoxy) is 1. The molecule has 2 amide bonds. The normalized spacial score (nSPS) is 26.1. The molecule has 9 nitrogen and oxygen atoms in total. The van der Waals surface area contributed by atoms with Crippen molar-refractivity contribution in [1.82, 2.24) is 20.1 Å². The molecule has 1 N–H and O–H groups in total. The predicted octanol–water partition coefficient (Wildman–Crippen LogP) is 2.91. The molecular formula is C29H35F2N5O4S. The topological polar surface area (TPSA) is 95.1 Å². The Morgan fingerprint density at radius 3 is 2.49 bits per heavy atom. The zero-order chi connectivity index (χ0) is 28.7. The Morgan fingerprint density at radius 2 is 1.80 bits per heavy atom. The first-order valence-corrected chi connectivity index (χ1v) is 15.2. The Bertz CT molecular complexity index is 1280. The number of likely N-dealkylation sites (N-methyl/N-ethyl adjacent to an activating group) is 1. The van der Waals surface area contributed by atoms with Gasteiger partial charge in [0.15, 0.2) is 10.9 Å². The van der Waals surface area contributed by atoms with E-state index in [2.05, 4.69) is 22.2 Å². The van der Waals surface area contributed by atoms with Crippen LogP contribution in [0.5, 0.6) is 0 Å². The van der Waals surface area contributed by atoms with Crippen LogP contribution in [0.3, 0.4) is 0 Å². The standard InChI is InChI=1S/C29H35F2N5O4S/c1-34-10-12-35(13-11-34)29-32-21(16-41-29)17-6-8-19(9-7-17)27(38)33-23(18-4-2-3-5-18)28(39)36-14-20(26(30)31)25-24(36)22(37)15-40-25/h6-9,16,18,20,23-26H,2-5,10-15H2,1H3,(H,33,38)/t20-,23-,24+,25+/m0/s1. The fourth-order valence-corrected chi connectivity index (χ4v) is 7.44. The summed E-state index contributed by atoms with van der Waals surface area (Å²) in [4.78, 5) is 50.3. The van der Waals surface area contributed by atoms with Crippen molar-refractivity contribution in [3.63, 3.8) is 0 Å². The maximum absolute atomic E-state index is 13.8. The summed E-state index contributed by atoms with van der Waals surface area (Å²) in [6.07, 6.45) is -0.354. The van der Waals surface area contributed by atoms with E-state index in [9.17, 15) is 23.2 Å². The van der Waals surface area contributed by atoms with Crippen LogP contribution in [0.2, 0.25) is 0 Å². The SMILES string of the molecule is CN1CCN(c2nc(-c3ccc(C(=O)N[C@H](C(=O)N4C[C@H](C(F)F)[C@H]5OCC(=O)[C@H]54)C4CCCC4)cc3)cs2)CC1. The Balaban J connectivity index is 1.16. The number of aromatic nitrogens is 1. The van der Waals surface area contributed by atoms with E-state index in [4.69, 9.17) is 9.72 Å². The lowest BCUT2D eigenvalue weighted by Crippen LogP contribution is -2.54. The molecule has 1 aliphatic carbocycles. The number of hydrogen-bond donors (Lipinski definition) is 1. The van der Waals surface area contributed by atoms with Crippen molar-refractivity contribution in [3.8, 4) is 11.3 Å². The lowest BCUT2D eigenvalue weighted by atomic mass is 9.95. The molecule has 0 unspecified atom stereocenters. The van der Waals surface area contributed by atoms with Crippen LogP contribution in [0.4, 0.5) is 13.9 Å². The molecule has 0 bridgehead atoms. The number of thiazole rings is 1. The molecule has 1 aromatic heterocycles. The van der Waals surface area contributed by atoms with Crippen molar-refractivity contribution in [2.75, 3.05) is 51.3 Å². The number of nitrogens with one attached hydrogen (secondary N) is 1. The van der Waals surface area contributed by atoms with Gasteiger partial charge in [-0.05, 0) is 37.9 Å². The fraction of sp³-hybridized carbons (Fsp3) is 0.586. The van der Waals surface area contributed by atoms with Crippen LogP contribution in [0.25, 0.3) is 11.3 Å². The average Bonchev–Trinajstić information content (AvgIpc) is 3.78. The number of hydrogen-bond acceptors (Lipinski definition) is 8. The lowest BCUT2D eigenvalue weighted by molar-refractivity contribution is -0.139. The third-order valence-electron chi connectivity index (χ3n) is 8.96. The van der Waals surface area contributed by atoms with Gasteiger partial charge in [-0.2, -0.15) is 0 Å². The van der Waals surface area contributed by atoms with E-state index < -0.39 is 42.3 Å². The Kier molecular flexibility index (Phi) is 8.06. The minimum atomic E-state index is -2.71. The fourth-order valence-electron chi connectivity index (χ4n) is 6.55. The van der Waals surface area contributed by atoms with Gasteiger partial charge in [0.05, 0.1) is 17.7 Å². The van der Waals surface area contributed by atoms with Crippen molar-refractivity contribution in [3.05, 3.63) is 35.2 Å². The predicted molar refractivity (Wildman–Crippen MR) is 150 cm³/mol. The maximum Gasteiger partial charge on any atom is 0.251 e. The molecule has 2 aromatic rings. The van der Waals surface area contributed by atoms with Crippen molar-refractivity contribution < 1.29 is 27.9 Å². The highest BCUT2D eigenvalue weighted by atomic mass is 32.1. The van der Waals surface area contributed by atoms with Gasteiger partial charge in [0.1, 0.15) is 18.7 Å². The molecule has 12 heteroatoms. The molecule has 4 heterocycles. The third kappa shape index (κ3) is 5.61. The number of rotatable bonds is 7. The van der Waals surface area contributed by atoms with Crippen molar-refractivity contribution in [2.45, 2.75) is 50.3 Å². The number of fused-ring (bicyclic) bond motifs is 1. The number of alkyl halides is 2. The van der Waals surface area contributed by atoms with Gasteiger partial charge in [-0.15, -0.1) is 11.3 Å². The lowest BCUT2D eigenvalue weighted by Gasteiger charge is -2.32. The van der Waals surface area contributed by atoms with Gasteiger partial charge in [0.2, 0.25) is 12.3 Å². The second kappa shape index (κ2) is 11.7. The number of likely N-dealkylation sites (tertiary alicyclic amines) is 1. The Labute approximate surface area is 241 Å². The minimum absolute atomic E-state index is 0.116. The van der Waals surface area contributed by atoms with Crippen LogP contribution >= 0.6 is 11.3 Å². The number of piperazine rings is 1. The van der Waals surface area contributed by atoms with Gasteiger partial charge in [-0.25, -0.2) is 13.8 Å². The van der Waals surface area contributed by atoms with Crippen LogP contribution in [-0.2, 0) is 14.3 Å². The highest BCUT2D eigenvalue weighted by Gasteiger charge is 2.56. The summed E-state index contributed by atoms with van der Waals surface area (Å²) in [5, 5.41) is 5.91. The number of Topliss-reactive ketones (excluding diaryl/α,β-unsaturated/α-hetero) is 1. The van der Waals surface area contributed by atoms with Crippen LogP contribution in [0.15, 0.2) is 29.6 Å². The molecule has 3 saturated heterocycles. The van der Waals surface area contributed by atoms with Gasteiger partial charge in [-0.3, -0.25) is 14.4 Å². The molecule has 4 fully saturated rings. The first-order chi connectivity index (χ1) is 19.8. The Hall–Kier alpha value is -2.96. The molecule has 41 heavy (non-hydrogen) atoms. The zero-order valence-corrected chi connectivity index (χ0v) is 23.8. The molecule has 0 spiro atoms. The van der Waals surface area contributed by atoms with E-state index in [-0.39, 0.29) is 24.9 Å². The maximum atomic E-state index is 13.8.